The van der Waals surface area contributed by atoms with Crippen molar-refractivity contribution < 1.29 is 19.2 Å². The van der Waals surface area contributed by atoms with Crippen molar-refractivity contribution in [2.45, 2.75) is 57.0 Å². The molecule has 1 unspecified atom stereocenters. The lowest BCUT2D eigenvalue weighted by molar-refractivity contribution is -0.155. The number of anilines is 1. The maximum Gasteiger partial charge on any atom is 0.259 e. The number of nitrogens with one attached hydrogen (secondary N) is 2. The van der Waals surface area contributed by atoms with Crippen LogP contribution in [0.1, 0.15) is 66.1 Å². The zero-order valence-electron chi connectivity index (χ0n) is 23.5. The van der Waals surface area contributed by atoms with Gasteiger partial charge in [-0.25, -0.2) is 0 Å². The highest BCUT2D eigenvalue weighted by atomic mass is 16.2. The summed E-state index contributed by atoms with van der Waals surface area (Å²) in [7, 11) is 0. The van der Waals surface area contributed by atoms with Crippen LogP contribution in [0.4, 0.5) is 5.69 Å². The fraction of sp³-hybridized carbons (Fsp3) is 0.469. The molecule has 4 saturated heterocycles. The molecule has 2 N–H and O–H groups in total. The third kappa shape index (κ3) is 3.91. The lowest BCUT2D eigenvalue weighted by Gasteiger charge is -2.53. The summed E-state index contributed by atoms with van der Waals surface area (Å²) in [5.74, 6) is 0.0950. The van der Waals surface area contributed by atoms with Crippen LogP contribution in [0.5, 0.6) is 0 Å². The number of carbonyl (C=O) groups excluding carboxylic acids is 4. The Hall–Kier alpha value is -4.05. The average Bonchev–Trinajstić information content (AvgIpc) is 3.57. The van der Waals surface area contributed by atoms with Gasteiger partial charge < -0.3 is 10.2 Å². The Morgan fingerprint density at radius 2 is 1.88 bits per heavy atom. The van der Waals surface area contributed by atoms with Crippen LogP contribution in [0, 0.1) is 11.3 Å². The minimum absolute atomic E-state index is 0.155. The highest BCUT2D eigenvalue weighted by Gasteiger charge is 2.54. The lowest BCUT2D eigenvalue weighted by atomic mass is 9.58. The zero-order valence-corrected chi connectivity index (χ0v) is 23.5. The van der Waals surface area contributed by atoms with Crippen LogP contribution in [0.2, 0.25) is 0 Å². The number of nitrogens with zero attached hydrogens (tertiary/aromatic N) is 4. The lowest BCUT2D eigenvalue weighted by Crippen LogP contribution is -2.62. The Kier molecular flexibility index (Phi) is 5.79. The first-order chi connectivity index (χ1) is 20.4. The molecule has 0 spiro atoms. The van der Waals surface area contributed by atoms with Crippen LogP contribution in [0.15, 0.2) is 42.7 Å². The van der Waals surface area contributed by atoms with E-state index in [1.165, 1.54) is 0 Å². The number of amides is 4. The predicted molar refractivity (Wildman–Crippen MR) is 155 cm³/mol. The van der Waals surface area contributed by atoms with Gasteiger partial charge in [-0.1, -0.05) is 18.2 Å². The van der Waals surface area contributed by atoms with Crippen LogP contribution in [-0.2, 0) is 20.8 Å². The summed E-state index contributed by atoms with van der Waals surface area (Å²) < 4.78 is 2.06. The number of piperidine rings is 4. The quantitative estimate of drug-likeness (QED) is 0.459. The molecule has 6 heterocycles. The smallest absolute Gasteiger partial charge is 0.259 e. The second-order valence-electron chi connectivity index (χ2n) is 12.8. The molecule has 2 aromatic carbocycles. The number of likely N-dealkylation sites (tertiary alicyclic amines) is 1. The molecular weight excluding hydrogens is 532 g/mol. The monoisotopic (exact) mass is 566 g/mol. The summed E-state index contributed by atoms with van der Waals surface area (Å²) in [4.78, 5) is 54.7. The summed E-state index contributed by atoms with van der Waals surface area (Å²) >= 11 is 0. The van der Waals surface area contributed by atoms with Gasteiger partial charge in [0.15, 0.2) is 0 Å². The molecule has 4 amide bonds. The predicted octanol–water partition coefficient (Wildman–Crippen LogP) is 2.56. The van der Waals surface area contributed by atoms with Gasteiger partial charge in [0.25, 0.3) is 5.91 Å². The Morgan fingerprint density at radius 3 is 2.64 bits per heavy atom. The van der Waals surface area contributed by atoms with E-state index in [9.17, 15) is 19.2 Å². The fourth-order valence-electron chi connectivity index (χ4n) is 8.12. The molecule has 10 heteroatoms. The Labute approximate surface area is 243 Å². The molecule has 1 atom stereocenters. The normalized spacial score (nSPS) is 27.4. The SMILES string of the molecule is O=C1CCC(N2C(=O)c3cccc4c(Cc5cnn(C6CCN(C(=O)C78CNCC(C7)C8)CC6)c5)ccc2c34)C(=O)N1. The molecule has 0 radical (unpaired) electrons. The molecular formula is C32H34N6O4. The highest BCUT2D eigenvalue weighted by Crippen LogP contribution is 2.49. The van der Waals surface area contributed by atoms with Crippen molar-refractivity contribution in [3.8, 4) is 0 Å². The molecule has 216 valence electrons. The van der Waals surface area contributed by atoms with Crippen LogP contribution in [-0.4, -0.2) is 70.5 Å². The molecule has 3 aromatic rings. The summed E-state index contributed by atoms with van der Waals surface area (Å²) in [6, 6.07) is 9.27. The Bertz CT molecular complexity index is 1640. The third-order valence-corrected chi connectivity index (χ3v) is 10.2. The number of hydrogen-bond acceptors (Lipinski definition) is 6. The number of fused-ring (bicyclic) bond motifs is 2. The van der Waals surface area contributed by atoms with Crippen molar-refractivity contribution in [2.75, 3.05) is 31.1 Å². The first kappa shape index (κ1) is 25.6. The zero-order chi connectivity index (χ0) is 28.6. The first-order valence-corrected chi connectivity index (χ1v) is 15.2. The largest absolute Gasteiger partial charge is 0.342 e. The van der Waals surface area contributed by atoms with Gasteiger partial charge in [0.2, 0.25) is 17.7 Å². The van der Waals surface area contributed by atoms with E-state index in [1.54, 1.807) is 4.90 Å². The van der Waals surface area contributed by atoms with Crippen LogP contribution >= 0.6 is 0 Å². The van der Waals surface area contributed by atoms with Crippen molar-refractivity contribution >= 4 is 40.1 Å². The first-order valence-electron chi connectivity index (χ1n) is 15.2. The number of benzene rings is 2. The number of aromatic nitrogens is 2. The fourth-order valence-corrected chi connectivity index (χ4v) is 8.12. The van der Waals surface area contributed by atoms with E-state index in [4.69, 9.17) is 5.10 Å². The number of hydrogen-bond donors (Lipinski definition) is 2. The molecule has 2 bridgehead atoms. The topological polar surface area (TPSA) is 117 Å². The maximum absolute atomic E-state index is 13.4. The molecule has 1 aliphatic carbocycles. The minimum Gasteiger partial charge on any atom is -0.342 e. The summed E-state index contributed by atoms with van der Waals surface area (Å²) in [6.07, 6.45) is 9.13. The van der Waals surface area contributed by atoms with Gasteiger partial charge in [0, 0.05) is 49.6 Å². The molecule has 1 saturated carbocycles. The molecule has 5 fully saturated rings. The van der Waals surface area contributed by atoms with Gasteiger partial charge >= 0.3 is 0 Å². The number of rotatable bonds is 5. The van der Waals surface area contributed by atoms with E-state index in [2.05, 4.69) is 26.4 Å². The number of imide groups is 1. The molecule has 9 rings (SSSR count). The van der Waals surface area contributed by atoms with E-state index in [0.29, 0.717) is 30.2 Å². The van der Waals surface area contributed by atoms with Crippen molar-refractivity contribution in [1.29, 1.82) is 0 Å². The van der Waals surface area contributed by atoms with Crippen LogP contribution in [0.3, 0.4) is 0 Å². The van der Waals surface area contributed by atoms with E-state index in [-0.39, 0.29) is 29.7 Å². The molecule has 42 heavy (non-hydrogen) atoms. The average molecular weight is 567 g/mol. The van der Waals surface area contributed by atoms with Gasteiger partial charge in [0.05, 0.1) is 23.3 Å². The van der Waals surface area contributed by atoms with Gasteiger partial charge in [-0.15, -0.1) is 0 Å². The van der Waals surface area contributed by atoms with E-state index in [1.807, 2.05) is 36.5 Å². The van der Waals surface area contributed by atoms with Crippen molar-refractivity contribution in [3.05, 3.63) is 59.4 Å². The van der Waals surface area contributed by atoms with E-state index in [0.717, 1.165) is 79.4 Å². The standard InChI is InChI=1S/C32H34N6O4/c39-27-7-6-26(29(40)35-27)38-25-5-4-21(23-2-1-3-24(28(23)25)30(38)41)12-19-16-34-37(17-19)22-8-10-36(11-9-22)31(42)32-13-20(14-32)15-33-18-32/h1-5,16-17,20,22,26,33H,6-15,18H2,(H,35,39,40). The van der Waals surface area contributed by atoms with Gasteiger partial charge in [-0.05, 0) is 73.2 Å². The van der Waals surface area contributed by atoms with Crippen LogP contribution in [0.25, 0.3) is 10.8 Å². The van der Waals surface area contributed by atoms with Crippen molar-refractivity contribution in [2.24, 2.45) is 11.3 Å². The van der Waals surface area contributed by atoms with Crippen molar-refractivity contribution in [3.63, 3.8) is 0 Å². The van der Waals surface area contributed by atoms with E-state index >= 15 is 0 Å². The summed E-state index contributed by atoms with van der Waals surface area (Å²) in [6.45, 7) is 3.43. The third-order valence-electron chi connectivity index (χ3n) is 10.2. The van der Waals surface area contributed by atoms with Crippen LogP contribution < -0.4 is 15.5 Å². The molecule has 10 nitrogen and oxygen atoms in total. The van der Waals surface area contributed by atoms with Crippen molar-refractivity contribution in [1.82, 2.24) is 25.3 Å². The molecule has 6 aliphatic rings. The van der Waals surface area contributed by atoms with Gasteiger partial charge in [-0.3, -0.25) is 34.1 Å². The Morgan fingerprint density at radius 1 is 1.05 bits per heavy atom. The van der Waals surface area contributed by atoms with E-state index < -0.39 is 11.9 Å². The highest BCUT2D eigenvalue weighted by molar-refractivity contribution is 6.27. The summed E-state index contributed by atoms with van der Waals surface area (Å²) in [5, 5.41) is 12.4. The Balaban J connectivity index is 0.981. The molecule has 1 aromatic heterocycles. The minimum atomic E-state index is -0.693. The van der Waals surface area contributed by atoms with Gasteiger partial charge in [0.1, 0.15) is 6.04 Å². The number of carbonyl (C=O) groups is 4. The second-order valence-corrected chi connectivity index (χ2v) is 12.8. The second kappa shape index (κ2) is 9.49. The summed E-state index contributed by atoms with van der Waals surface area (Å²) in [5.41, 5.74) is 3.34. The van der Waals surface area contributed by atoms with Gasteiger partial charge in [-0.2, -0.15) is 5.10 Å². The maximum atomic E-state index is 13.4. The molecule has 5 aliphatic heterocycles.